The number of methoxy groups -OCH3 is 4. The molecule has 3 aromatic carbocycles. The first-order valence-electron chi connectivity index (χ1n) is 22.5. The molecule has 0 bridgehead atoms. The van der Waals surface area contributed by atoms with Crippen LogP contribution in [0.15, 0.2) is 82.8 Å². The Morgan fingerprint density at radius 1 is 0.455 bits per heavy atom. The zero-order valence-electron chi connectivity index (χ0n) is 38.8. The molecule has 0 aliphatic heterocycles. The topological polar surface area (TPSA) is 148 Å². The van der Waals surface area contributed by atoms with Gasteiger partial charge in [0.1, 0.15) is 11.5 Å². The van der Waals surface area contributed by atoms with Crippen LogP contribution >= 0.6 is 22.7 Å². The minimum atomic E-state index is -0.590. The third-order valence-corrected chi connectivity index (χ3v) is 12.7. The van der Waals surface area contributed by atoms with Crippen molar-refractivity contribution in [2.75, 3.05) is 41.7 Å². The Morgan fingerprint density at radius 3 is 1.12 bits per heavy atom. The normalized spacial score (nSPS) is 11.2. The monoisotopic (exact) mass is 936 g/mol. The number of esters is 4. The number of benzene rings is 3. The summed E-state index contributed by atoms with van der Waals surface area (Å²) in [6.07, 6.45) is 17.0. The van der Waals surface area contributed by atoms with Crippen molar-refractivity contribution in [3.63, 3.8) is 0 Å². The number of hydrogen-bond donors (Lipinski definition) is 0. The molecular formula is C52H60N2O10S2. The molecule has 350 valence electrons. The molecule has 0 unspecified atom stereocenters. The van der Waals surface area contributed by atoms with E-state index in [0.29, 0.717) is 24.6 Å². The van der Waals surface area contributed by atoms with E-state index in [4.69, 9.17) is 28.4 Å². The highest BCUT2D eigenvalue weighted by molar-refractivity contribution is 7.17. The van der Waals surface area contributed by atoms with Gasteiger partial charge in [0, 0.05) is 43.1 Å². The maximum atomic E-state index is 12.4. The number of hydrogen-bond acceptors (Lipinski definition) is 14. The van der Waals surface area contributed by atoms with E-state index in [1.54, 1.807) is 36.7 Å². The average Bonchev–Trinajstić information content (AvgIpc) is 4.03. The van der Waals surface area contributed by atoms with Crippen molar-refractivity contribution in [2.45, 2.75) is 90.9 Å². The largest absolute Gasteiger partial charge is 0.493 e. The molecular weight excluding hydrogens is 877 g/mol. The molecule has 0 N–H and O–H groups in total. The van der Waals surface area contributed by atoms with E-state index in [1.165, 1.54) is 102 Å². The zero-order chi connectivity index (χ0) is 47.3. The summed E-state index contributed by atoms with van der Waals surface area (Å²) in [5, 5.41) is 0. The van der Waals surface area contributed by atoms with Crippen molar-refractivity contribution in [3.8, 4) is 32.4 Å². The third-order valence-electron chi connectivity index (χ3n) is 10.6. The van der Waals surface area contributed by atoms with Crippen LogP contribution in [0.25, 0.3) is 20.9 Å². The number of carbonyl (C=O) groups is 4. The molecule has 0 atom stereocenters. The molecule has 0 amide bonds. The second kappa shape index (κ2) is 26.7. The Bertz CT molecular complexity index is 2230. The fraction of sp³-hybridized carbons (Fsp3) is 0.385. The van der Waals surface area contributed by atoms with Crippen molar-refractivity contribution in [2.24, 2.45) is 9.98 Å². The summed E-state index contributed by atoms with van der Waals surface area (Å²) in [4.78, 5) is 62.5. The van der Waals surface area contributed by atoms with Crippen LogP contribution in [0.1, 0.15) is 142 Å². The average molecular weight is 937 g/mol. The van der Waals surface area contributed by atoms with Crippen molar-refractivity contribution < 1.29 is 47.6 Å². The molecule has 0 fully saturated rings. The fourth-order valence-electron chi connectivity index (χ4n) is 7.04. The van der Waals surface area contributed by atoms with Gasteiger partial charge in [-0.2, -0.15) is 0 Å². The first-order valence-corrected chi connectivity index (χ1v) is 24.1. The van der Waals surface area contributed by atoms with E-state index >= 15 is 0 Å². The fourth-order valence-corrected chi connectivity index (χ4v) is 8.84. The molecule has 0 radical (unpaired) electrons. The summed E-state index contributed by atoms with van der Waals surface area (Å²) >= 11 is 3.06. The van der Waals surface area contributed by atoms with E-state index in [1.807, 2.05) is 24.3 Å². The van der Waals surface area contributed by atoms with Crippen molar-refractivity contribution in [1.29, 1.82) is 0 Å². The number of thiophene rings is 2. The van der Waals surface area contributed by atoms with Gasteiger partial charge >= 0.3 is 23.9 Å². The van der Waals surface area contributed by atoms with Crippen LogP contribution in [-0.4, -0.2) is 78.0 Å². The number of unbranched alkanes of at least 4 members (excludes halogenated alkanes) is 10. The minimum absolute atomic E-state index is 0.185. The van der Waals surface area contributed by atoms with Crippen LogP contribution in [0.4, 0.5) is 11.4 Å². The third kappa shape index (κ3) is 15.0. The number of aliphatic imine (C=N–C) groups is 2. The van der Waals surface area contributed by atoms with Crippen molar-refractivity contribution in [3.05, 3.63) is 105 Å². The maximum Gasteiger partial charge on any atom is 0.337 e. The summed E-state index contributed by atoms with van der Waals surface area (Å²) in [7, 11) is 5.12. The molecule has 0 saturated carbocycles. The van der Waals surface area contributed by atoms with E-state index in [2.05, 4.69) is 36.0 Å². The molecule has 2 aromatic heterocycles. The number of ether oxygens (including phenoxy) is 6. The Labute approximate surface area is 396 Å². The van der Waals surface area contributed by atoms with Gasteiger partial charge in [-0.25, -0.2) is 19.2 Å². The minimum Gasteiger partial charge on any atom is -0.493 e. The molecule has 0 aliphatic carbocycles. The summed E-state index contributed by atoms with van der Waals surface area (Å²) in [6.45, 7) is 5.53. The highest BCUT2D eigenvalue weighted by Gasteiger charge is 2.20. The lowest BCUT2D eigenvalue weighted by Gasteiger charge is -2.17. The van der Waals surface area contributed by atoms with Crippen LogP contribution in [0, 0.1) is 0 Å². The van der Waals surface area contributed by atoms with Crippen molar-refractivity contribution >= 4 is 70.4 Å². The van der Waals surface area contributed by atoms with E-state index < -0.39 is 23.9 Å². The van der Waals surface area contributed by atoms with Gasteiger partial charge in [-0.1, -0.05) is 78.1 Å². The van der Waals surface area contributed by atoms with Gasteiger partial charge < -0.3 is 28.4 Å². The van der Waals surface area contributed by atoms with Crippen LogP contribution in [0.5, 0.6) is 11.5 Å². The van der Waals surface area contributed by atoms with Gasteiger partial charge in [0.25, 0.3) is 0 Å². The van der Waals surface area contributed by atoms with Crippen LogP contribution in [0.2, 0.25) is 0 Å². The molecule has 12 nitrogen and oxygen atoms in total. The molecule has 5 aromatic rings. The lowest BCUT2D eigenvalue weighted by molar-refractivity contribution is 0.0581. The Balaban J connectivity index is 1.51. The van der Waals surface area contributed by atoms with Gasteiger partial charge in [-0.15, -0.1) is 22.7 Å². The second-order valence-corrected chi connectivity index (χ2v) is 17.7. The first-order chi connectivity index (χ1) is 32.1. The van der Waals surface area contributed by atoms with Gasteiger partial charge in [0.05, 0.1) is 75.3 Å². The number of carbonyl (C=O) groups excluding carboxylic acids is 4. The highest BCUT2D eigenvalue weighted by Crippen LogP contribution is 2.45. The Kier molecular flexibility index (Phi) is 20.6. The van der Waals surface area contributed by atoms with Gasteiger partial charge in [0.2, 0.25) is 0 Å². The second-order valence-electron chi connectivity index (χ2n) is 15.5. The molecule has 2 heterocycles. The Hall–Kier alpha value is -6.12. The van der Waals surface area contributed by atoms with E-state index in [9.17, 15) is 19.2 Å². The maximum absolute atomic E-state index is 12.4. The molecule has 0 spiro atoms. The first kappa shape index (κ1) is 50.9. The zero-order valence-corrected chi connectivity index (χ0v) is 40.4. The lowest BCUT2D eigenvalue weighted by atomic mass is 10.1. The van der Waals surface area contributed by atoms with Crippen LogP contribution in [0.3, 0.4) is 0 Å². The Morgan fingerprint density at radius 2 is 0.788 bits per heavy atom. The molecule has 5 rings (SSSR count). The summed E-state index contributed by atoms with van der Waals surface area (Å²) < 4.78 is 32.9. The molecule has 14 heteroatoms. The molecule has 66 heavy (non-hydrogen) atoms. The number of nitrogens with zero attached hydrogens (tertiary/aromatic N) is 2. The SMILES string of the molecule is CCCCCCCCOc1cc(-c2ccc(C=Nc3cc(C(=O)OC)cc(C(=O)OC)c3)s2)c(OCCCCCCCC)cc1-c1ccc(C=Nc2cc(C(=O)OC)cc(C(=O)OC)c2)s1. The van der Waals surface area contributed by atoms with Crippen LogP contribution in [-0.2, 0) is 18.9 Å². The standard InChI is InChI=1S/C52H60N2O10S2/c1-7-9-11-13-15-17-23-63-45-31-44(48-22-20-42(66-48)34-54-40-29-37(51(57)61-5)26-38(30-40)52(58)62-6)46(64-24-18-16-14-12-10-8-2)32-43(45)47-21-19-41(65-47)33-53-39-27-35(49(55)59-3)25-36(28-39)50(56)60-4/h19-22,25-34H,7-18,23-24H2,1-6H3. The van der Waals surface area contributed by atoms with Crippen molar-refractivity contribution in [1.82, 2.24) is 0 Å². The number of rotatable bonds is 26. The summed E-state index contributed by atoms with van der Waals surface area (Å²) in [5.41, 5.74) is 3.31. The van der Waals surface area contributed by atoms with Gasteiger partial charge in [-0.3, -0.25) is 9.98 Å². The highest BCUT2D eigenvalue weighted by atomic mass is 32.1. The quantitative estimate of drug-likeness (QED) is 0.0227. The predicted molar refractivity (Wildman–Crippen MR) is 264 cm³/mol. The molecule has 0 aliphatic rings. The smallest absolute Gasteiger partial charge is 0.337 e. The van der Waals surface area contributed by atoms with E-state index in [-0.39, 0.29) is 22.3 Å². The summed E-state index contributed by atoms with van der Waals surface area (Å²) in [6, 6.07) is 21.2. The van der Waals surface area contributed by atoms with Gasteiger partial charge in [-0.05, 0) is 85.6 Å². The predicted octanol–water partition coefficient (Wildman–Crippen LogP) is 13.3. The van der Waals surface area contributed by atoms with E-state index in [0.717, 1.165) is 80.7 Å². The van der Waals surface area contributed by atoms with Gasteiger partial charge in [0.15, 0.2) is 0 Å². The lowest BCUT2D eigenvalue weighted by Crippen LogP contribution is -2.06. The van der Waals surface area contributed by atoms with Crippen LogP contribution < -0.4 is 9.47 Å². The summed E-state index contributed by atoms with van der Waals surface area (Å²) in [5.74, 6) is -0.912. The molecule has 0 saturated heterocycles.